The Kier molecular flexibility index (Phi) is 4.04. The molecule has 88 valence electrons. The van der Waals surface area contributed by atoms with E-state index in [1.165, 1.54) is 51.9 Å². The van der Waals surface area contributed by atoms with E-state index in [-0.39, 0.29) is 0 Å². The highest BCUT2D eigenvalue weighted by molar-refractivity contribution is 4.80. The van der Waals surface area contributed by atoms with Crippen molar-refractivity contribution in [2.45, 2.75) is 45.6 Å². The smallest absolute Gasteiger partial charge is 0.0107 e. The summed E-state index contributed by atoms with van der Waals surface area (Å²) in [5.74, 6) is 1.80. The van der Waals surface area contributed by atoms with Crippen molar-refractivity contribution in [2.75, 3.05) is 26.2 Å². The molecule has 1 saturated carbocycles. The molecule has 0 radical (unpaired) electrons. The fourth-order valence-electron chi connectivity index (χ4n) is 2.99. The lowest BCUT2D eigenvalue weighted by molar-refractivity contribution is 0.314. The molecule has 1 aliphatic heterocycles. The number of nitrogens with zero attached hydrogens (tertiary/aromatic N) is 1. The average molecular weight is 210 g/mol. The first-order valence-corrected chi connectivity index (χ1v) is 6.71. The van der Waals surface area contributed by atoms with Crippen LogP contribution < -0.4 is 5.32 Å². The van der Waals surface area contributed by atoms with Crippen molar-refractivity contribution in [1.82, 2.24) is 10.2 Å². The van der Waals surface area contributed by atoms with Gasteiger partial charge in [0.15, 0.2) is 0 Å². The Morgan fingerprint density at radius 1 is 1.07 bits per heavy atom. The number of hydrogen-bond donors (Lipinski definition) is 1. The second kappa shape index (κ2) is 5.31. The quantitative estimate of drug-likeness (QED) is 0.764. The molecule has 0 aromatic carbocycles. The fourth-order valence-corrected chi connectivity index (χ4v) is 2.99. The average Bonchev–Trinajstić information content (AvgIpc) is 2.79. The summed E-state index contributed by atoms with van der Waals surface area (Å²) in [5, 5.41) is 3.70. The van der Waals surface area contributed by atoms with Crippen LogP contribution in [0.5, 0.6) is 0 Å². The van der Waals surface area contributed by atoms with Gasteiger partial charge in [0, 0.05) is 32.2 Å². The Balaban J connectivity index is 1.58. The van der Waals surface area contributed by atoms with Gasteiger partial charge < -0.3 is 10.2 Å². The lowest BCUT2D eigenvalue weighted by Crippen LogP contribution is -2.35. The molecule has 0 aromatic heterocycles. The maximum absolute atomic E-state index is 3.70. The van der Waals surface area contributed by atoms with Gasteiger partial charge >= 0.3 is 0 Å². The van der Waals surface area contributed by atoms with E-state index in [0.717, 1.165) is 17.9 Å². The van der Waals surface area contributed by atoms with Crippen LogP contribution in [0.1, 0.15) is 39.5 Å². The minimum absolute atomic E-state index is 0.836. The van der Waals surface area contributed by atoms with Crippen LogP contribution in [0.2, 0.25) is 0 Å². The molecule has 2 aliphatic rings. The first-order valence-electron chi connectivity index (χ1n) is 6.71. The SMILES string of the molecule is CC1CN(CCNC2CCCC2)CC1C. The molecule has 0 bridgehead atoms. The molecule has 2 atom stereocenters. The zero-order valence-electron chi connectivity index (χ0n) is 10.3. The number of nitrogens with one attached hydrogen (secondary N) is 1. The van der Waals surface area contributed by atoms with E-state index >= 15 is 0 Å². The third-order valence-electron chi connectivity index (χ3n) is 4.28. The third-order valence-corrected chi connectivity index (χ3v) is 4.28. The third kappa shape index (κ3) is 3.18. The van der Waals surface area contributed by atoms with E-state index in [0.29, 0.717) is 0 Å². The summed E-state index contributed by atoms with van der Waals surface area (Å²) in [6, 6.07) is 0.836. The molecule has 1 saturated heterocycles. The molecule has 2 heteroatoms. The van der Waals surface area contributed by atoms with Crippen molar-refractivity contribution < 1.29 is 0 Å². The highest BCUT2D eigenvalue weighted by Crippen LogP contribution is 2.21. The van der Waals surface area contributed by atoms with E-state index in [9.17, 15) is 0 Å². The first kappa shape index (κ1) is 11.4. The Bertz CT molecular complexity index is 177. The van der Waals surface area contributed by atoms with Crippen molar-refractivity contribution in [3.8, 4) is 0 Å². The van der Waals surface area contributed by atoms with E-state index in [4.69, 9.17) is 0 Å². The molecular weight excluding hydrogens is 184 g/mol. The maximum Gasteiger partial charge on any atom is 0.0107 e. The molecule has 0 aromatic rings. The van der Waals surface area contributed by atoms with Crippen molar-refractivity contribution in [3.63, 3.8) is 0 Å². The van der Waals surface area contributed by atoms with Crippen LogP contribution in [0.15, 0.2) is 0 Å². The van der Waals surface area contributed by atoms with Gasteiger partial charge in [-0.3, -0.25) is 0 Å². The van der Waals surface area contributed by atoms with Crippen molar-refractivity contribution in [2.24, 2.45) is 11.8 Å². The Hall–Kier alpha value is -0.0800. The maximum atomic E-state index is 3.70. The van der Waals surface area contributed by atoms with Gasteiger partial charge in [0.2, 0.25) is 0 Å². The zero-order chi connectivity index (χ0) is 10.7. The standard InChI is InChI=1S/C13H26N2/c1-11-9-15(10-12(11)2)8-7-14-13-5-3-4-6-13/h11-14H,3-10H2,1-2H3. The summed E-state index contributed by atoms with van der Waals surface area (Å²) < 4.78 is 0. The van der Waals surface area contributed by atoms with E-state index < -0.39 is 0 Å². The van der Waals surface area contributed by atoms with Gasteiger partial charge in [-0.2, -0.15) is 0 Å². The van der Waals surface area contributed by atoms with Gasteiger partial charge in [0.1, 0.15) is 0 Å². The predicted molar refractivity (Wildman–Crippen MR) is 65.0 cm³/mol. The van der Waals surface area contributed by atoms with Crippen LogP contribution >= 0.6 is 0 Å². The molecule has 2 unspecified atom stereocenters. The second-order valence-electron chi connectivity index (χ2n) is 5.65. The summed E-state index contributed by atoms with van der Waals surface area (Å²) in [5.41, 5.74) is 0. The molecule has 0 amide bonds. The second-order valence-corrected chi connectivity index (χ2v) is 5.65. The summed E-state index contributed by atoms with van der Waals surface area (Å²) in [4.78, 5) is 2.62. The van der Waals surface area contributed by atoms with Gasteiger partial charge in [0.05, 0.1) is 0 Å². The summed E-state index contributed by atoms with van der Waals surface area (Å²) in [7, 11) is 0. The lowest BCUT2D eigenvalue weighted by atomic mass is 10.0. The van der Waals surface area contributed by atoms with Crippen LogP contribution in [0.25, 0.3) is 0 Å². The van der Waals surface area contributed by atoms with Crippen LogP contribution in [-0.4, -0.2) is 37.1 Å². The Labute approximate surface area is 94.4 Å². The summed E-state index contributed by atoms with van der Waals surface area (Å²) in [6.45, 7) is 9.85. The lowest BCUT2D eigenvalue weighted by Gasteiger charge is -2.18. The van der Waals surface area contributed by atoms with Gasteiger partial charge in [0.25, 0.3) is 0 Å². The van der Waals surface area contributed by atoms with Gasteiger partial charge in [-0.05, 0) is 24.7 Å². The molecular formula is C13H26N2. The van der Waals surface area contributed by atoms with Crippen LogP contribution in [0.4, 0.5) is 0 Å². The number of hydrogen-bond acceptors (Lipinski definition) is 2. The summed E-state index contributed by atoms with van der Waals surface area (Å²) in [6.07, 6.45) is 5.70. The van der Waals surface area contributed by atoms with E-state index in [1.54, 1.807) is 0 Å². The van der Waals surface area contributed by atoms with Gasteiger partial charge in [-0.25, -0.2) is 0 Å². The van der Waals surface area contributed by atoms with Crippen molar-refractivity contribution in [1.29, 1.82) is 0 Å². The minimum atomic E-state index is 0.836. The van der Waals surface area contributed by atoms with Crippen LogP contribution in [0, 0.1) is 11.8 Å². The molecule has 15 heavy (non-hydrogen) atoms. The Morgan fingerprint density at radius 3 is 2.27 bits per heavy atom. The first-order chi connectivity index (χ1) is 7.25. The molecule has 0 spiro atoms. The molecule has 1 heterocycles. The van der Waals surface area contributed by atoms with Gasteiger partial charge in [-0.15, -0.1) is 0 Å². The van der Waals surface area contributed by atoms with Crippen LogP contribution in [0.3, 0.4) is 0 Å². The highest BCUT2D eigenvalue weighted by Gasteiger charge is 2.25. The number of likely N-dealkylation sites (tertiary alicyclic amines) is 1. The zero-order valence-corrected chi connectivity index (χ0v) is 10.3. The van der Waals surface area contributed by atoms with Crippen molar-refractivity contribution in [3.05, 3.63) is 0 Å². The molecule has 2 rings (SSSR count). The summed E-state index contributed by atoms with van der Waals surface area (Å²) >= 11 is 0. The van der Waals surface area contributed by atoms with Crippen molar-refractivity contribution >= 4 is 0 Å². The molecule has 1 N–H and O–H groups in total. The van der Waals surface area contributed by atoms with E-state index in [2.05, 4.69) is 24.1 Å². The number of rotatable bonds is 4. The topological polar surface area (TPSA) is 15.3 Å². The van der Waals surface area contributed by atoms with E-state index in [1.807, 2.05) is 0 Å². The monoisotopic (exact) mass is 210 g/mol. The predicted octanol–water partition coefficient (Wildman–Crippen LogP) is 2.11. The van der Waals surface area contributed by atoms with Crippen LogP contribution in [-0.2, 0) is 0 Å². The molecule has 1 aliphatic carbocycles. The normalized spacial score (nSPS) is 34.0. The Morgan fingerprint density at radius 2 is 1.67 bits per heavy atom. The highest BCUT2D eigenvalue weighted by atomic mass is 15.2. The molecule has 2 nitrogen and oxygen atoms in total. The fraction of sp³-hybridized carbons (Fsp3) is 1.00. The molecule has 2 fully saturated rings. The minimum Gasteiger partial charge on any atom is -0.313 e. The largest absolute Gasteiger partial charge is 0.313 e. The van der Waals surface area contributed by atoms with Gasteiger partial charge in [-0.1, -0.05) is 26.7 Å².